The predicted molar refractivity (Wildman–Crippen MR) is 106 cm³/mol. The number of nitrogens with zero attached hydrogens (tertiary/aromatic N) is 7. The van der Waals surface area contributed by atoms with Crippen molar-refractivity contribution >= 4 is 40.7 Å². The minimum Gasteiger partial charge on any atom is -0.476 e. The Hall–Kier alpha value is -3.50. The van der Waals surface area contributed by atoms with Crippen molar-refractivity contribution in [3.8, 4) is 17.1 Å². The summed E-state index contributed by atoms with van der Waals surface area (Å²) in [6.07, 6.45) is 0. The standard InChI is InChI=1S/C17H12Cl2N8O2/c1-26-16(21-24-25-26)9-5-7-10(8-6-9)20-15-13(17(28)29)22-27(23-15)14-11(18)3-2-4-12(14)19/h2-8H,1H3,(H,20,23)(H,28,29). The van der Waals surface area contributed by atoms with Gasteiger partial charge in [0.2, 0.25) is 5.69 Å². The van der Waals surface area contributed by atoms with Crippen molar-refractivity contribution < 1.29 is 9.90 Å². The summed E-state index contributed by atoms with van der Waals surface area (Å²) in [5.41, 5.74) is 1.41. The molecule has 2 aromatic carbocycles. The number of aryl methyl sites for hydroxylation is 1. The van der Waals surface area contributed by atoms with Crippen LogP contribution in [0.15, 0.2) is 42.5 Å². The van der Waals surface area contributed by atoms with E-state index in [2.05, 4.69) is 31.0 Å². The van der Waals surface area contributed by atoms with Gasteiger partial charge in [-0.3, -0.25) is 0 Å². The normalized spacial score (nSPS) is 10.9. The zero-order valence-electron chi connectivity index (χ0n) is 14.8. The van der Waals surface area contributed by atoms with E-state index in [9.17, 15) is 9.90 Å². The highest BCUT2D eigenvalue weighted by atomic mass is 35.5. The van der Waals surface area contributed by atoms with Crippen LogP contribution in [0.4, 0.5) is 11.5 Å². The average molecular weight is 431 g/mol. The molecule has 146 valence electrons. The van der Waals surface area contributed by atoms with E-state index in [0.717, 1.165) is 10.4 Å². The number of para-hydroxylation sites is 1. The van der Waals surface area contributed by atoms with Crippen molar-refractivity contribution in [3.05, 3.63) is 58.2 Å². The number of halogens is 2. The van der Waals surface area contributed by atoms with Crippen molar-refractivity contribution in [1.29, 1.82) is 0 Å². The van der Waals surface area contributed by atoms with Crippen LogP contribution < -0.4 is 5.32 Å². The fourth-order valence-electron chi connectivity index (χ4n) is 2.63. The van der Waals surface area contributed by atoms with Crippen molar-refractivity contribution in [2.24, 2.45) is 7.05 Å². The molecule has 0 aliphatic carbocycles. The first-order chi connectivity index (χ1) is 13.9. The Balaban J connectivity index is 1.67. The van der Waals surface area contributed by atoms with Gasteiger partial charge in [0.15, 0.2) is 11.6 Å². The maximum absolute atomic E-state index is 11.6. The van der Waals surface area contributed by atoms with Crippen LogP contribution in [0.3, 0.4) is 0 Å². The lowest BCUT2D eigenvalue weighted by atomic mass is 10.2. The highest BCUT2D eigenvalue weighted by molar-refractivity contribution is 6.37. The van der Waals surface area contributed by atoms with E-state index < -0.39 is 5.97 Å². The van der Waals surface area contributed by atoms with Gasteiger partial charge < -0.3 is 10.4 Å². The first kappa shape index (κ1) is 18.8. The summed E-state index contributed by atoms with van der Waals surface area (Å²) in [5, 5.41) is 32.6. The Morgan fingerprint density at radius 1 is 1.07 bits per heavy atom. The van der Waals surface area contributed by atoms with Gasteiger partial charge in [0, 0.05) is 18.3 Å². The minimum atomic E-state index is -1.25. The number of aromatic nitrogens is 7. The number of nitrogens with one attached hydrogen (secondary N) is 1. The van der Waals surface area contributed by atoms with E-state index in [-0.39, 0.29) is 27.2 Å². The molecule has 0 amide bonds. The molecule has 12 heteroatoms. The lowest BCUT2D eigenvalue weighted by Crippen LogP contribution is -2.03. The number of anilines is 2. The molecule has 0 radical (unpaired) electrons. The van der Waals surface area contributed by atoms with Gasteiger partial charge in [-0.1, -0.05) is 29.3 Å². The monoisotopic (exact) mass is 430 g/mol. The molecule has 4 aromatic rings. The highest BCUT2D eigenvalue weighted by Crippen LogP contribution is 2.29. The summed E-state index contributed by atoms with van der Waals surface area (Å²) in [6.45, 7) is 0. The molecule has 0 saturated carbocycles. The van der Waals surface area contributed by atoms with Crippen molar-refractivity contribution in [2.45, 2.75) is 0 Å². The number of carboxylic acid groups (broad SMARTS) is 1. The number of aromatic carboxylic acids is 1. The van der Waals surface area contributed by atoms with Crippen LogP contribution in [-0.2, 0) is 7.05 Å². The molecular formula is C17H12Cl2N8O2. The summed E-state index contributed by atoms with van der Waals surface area (Å²) in [5.74, 6) is -0.604. The number of carboxylic acids is 1. The fraction of sp³-hybridized carbons (Fsp3) is 0.0588. The van der Waals surface area contributed by atoms with Crippen LogP contribution in [0.5, 0.6) is 0 Å². The zero-order valence-corrected chi connectivity index (χ0v) is 16.3. The van der Waals surface area contributed by atoms with Crippen LogP contribution in [0.25, 0.3) is 17.1 Å². The number of rotatable bonds is 5. The molecule has 0 unspecified atom stereocenters. The summed E-state index contributed by atoms with van der Waals surface area (Å²) in [6, 6.07) is 12.0. The van der Waals surface area contributed by atoms with Crippen molar-refractivity contribution in [3.63, 3.8) is 0 Å². The number of carbonyl (C=O) groups is 1. The van der Waals surface area contributed by atoms with E-state index in [4.69, 9.17) is 23.2 Å². The van der Waals surface area contributed by atoms with Crippen LogP contribution in [0, 0.1) is 0 Å². The molecule has 2 heterocycles. The Labute approximate surface area is 173 Å². The topological polar surface area (TPSA) is 124 Å². The van der Waals surface area contributed by atoms with Gasteiger partial charge in [0.05, 0.1) is 10.0 Å². The van der Waals surface area contributed by atoms with Crippen LogP contribution >= 0.6 is 23.2 Å². The minimum absolute atomic E-state index is 0.0431. The maximum atomic E-state index is 11.6. The largest absolute Gasteiger partial charge is 0.476 e. The number of hydrogen-bond acceptors (Lipinski definition) is 7. The van der Waals surface area contributed by atoms with E-state index in [0.29, 0.717) is 11.5 Å². The van der Waals surface area contributed by atoms with Crippen molar-refractivity contribution in [1.82, 2.24) is 35.2 Å². The van der Waals surface area contributed by atoms with Gasteiger partial charge >= 0.3 is 5.97 Å². The first-order valence-corrected chi connectivity index (χ1v) is 8.94. The lowest BCUT2D eigenvalue weighted by Gasteiger charge is -2.06. The number of benzene rings is 2. The summed E-state index contributed by atoms with van der Waals surface area (Å²) >= 11 is 12.3. The molecule has 2 aromatic heterocycles. The molecule has 0 spiro atoms. The van der Waals surface area contributed by atoms with Crippen LogP contribution in [-0.4, -0.2) is 46.3 Å². The molecule has 0 bridgehead atoms. The van der Waals surface area contributed by atoms with Gasteiger partial charge in [0.1, 0.15) is 5.69 Å². The second-order valence-corrected chi connectivity index (χ2v) is 6.70. The molecule has 0 aliphatic heterocycles. The van der Waals surface area contributed by atoms with Crippen molar-refractivity contribution in [2.75, 3.05) is 5.32 Å². The predicted octanol–water partition coefficient (Wildman–Crippen LogP) is 3.21. The van der Waals surface area contributed by atoms with E-state index in [1.54, 1.807) is 54.2 Å². The molecular weight excluding hydrogens is 419 g/mol. The smallest absolute Gasteiger partial charge is 0.360 e. The van der Waals surface area contributed by atoms with E-state index in [1.807, 2.05) is 0 Å². The van der Waals surface area contributed by atoms with Gasteiger partial charge in [0.25, 0.3) is 0 Å². The van der Waals surface area contributed by atoms with Gasteiger partial charge in [-0.2, -0.15) is 0 Å². The number of hydrogen-bond donors (Lipinski definition) is 2. The lowest BCUT2D eigenvalue weighted by molar-refractivity contribution is 0.0691. The highest BCUT2D eigenvalue weighted by Gasteiger charge is 2.21. The molecule has 0 atom stereocenters. The maximum Gasteiger partial charge on any atom is 0.360 e. The molecule has 0 fully saturated rings. The first-order valence-electron chi connectivity index (χ1n) is 8.19. The number of tetrazole rings is 1. The van der Waals surface area contributed by atoms with E-state index in [1.165, 1.54) is 0 Å². The Bertz CT molecular complexity index is 1180. The molecule has 10 nitrogen and oxygen atoms in total. The third-order valence-electron chi connectivity index (χ3n) is 3.98. The third-order valence-corrected chi connectivity index (χ3v) is 4.59. The molecule has 0 saturated heterocycles. The average Bonchev–Trinajstić information content (AvgIpc) is 3.29. The Morgan fingerprint density at radius 2 is 1.76 bits per heavy atom. The molecule has 4 rings (SSSR count). The summed E-state index contributed by atoms with van der Waals surface area (Å²) < 4.78 is 1.55. The van der Waals surface area contributed by atoms with E-state index >= 15 is 0 Å². The third kappa shape index (κ3) is 3.62. The zero-order chi connectivity index (χ0) is 20.5. The summed E-state index contributed by atoms with van der Waals surface area (Å²) in [4.78, 5) is 12.7. The molecule has 0 aliphatic rings. The van der Waals surface area contributed by atoms with Crippen LogP contribution in [0.2, 0.25) is 10.0 Å². The van der Waals surface area contributed by atoms with Crippen LogP contribution in [0.1, 0.15) is 10.5 Å². The van der Waals surface area contributed by atoms with Gasteiger partial charge in [-0.15, -0.1) is 20.1 Å². The van der Waals surface area contributed by atoms with Gasteiger partial charge in [-0.05, 0) is 46.8 Å². The second-order valence-electron chi connectivity index (χ2n) is 5.89. The fourth-order valence-corrected chi connectivity index (χ4v) is 3.18. The quantitative estimate of drug-likeness (QED) is 0.494. The summed E-state index contributed by atoms with van der Waals surface area (Å²) in [7, 11) is 1.73. The van der Waals surface area contributed by atoms with Gasteiger partial charge in [-0.25, -0.2) is 9.48 Å². The molecule has 2 N–H and O–H groups in total. The SMILES string of the molecule is Cn1nnnc1-c1ccc(Nc2nn(-c3c(Cl)cccc3Cl)nc2C(=O)O)cc1. The second kappa shape index (κ2) is 7.49. The Morgan fingerprint density at radius 3 is 2.34 bits per heavy atom. The Kier molecular flexibility index (Phi) is 4.87. The molecule has 29 heavy (non-hydrogen) atoms.